The van der Waals surface area contributed by atoms with Gasteiger partial charge in [-0.25, -0.2) is 4.39 Å². The predicted molar refractivity (Wildman–Crippen MR) is 154 cm³/mol. The number of amides is 1. The normalized spacial score (nSPS) is 15.7. The number of hydrogen-bond donors (Lipinski definition) is 4. The number of Topliss-reactive ketones (excluding diaryl/α,β-unsaturated/α-hetero) is 1. The van der Waals surface area contributed by atoms with E-state index in [1.165, 1.54) is 19.1 Å². The van der Waals surface area contributed by atoms with Crippen molar-refractivity contribution < 1.29 is 19.1 Å². The zero-order chi connectivity index (χ0) is 28.5. The number of fused-ring (bicyclic) bond motifs is 1. The molecule has 0 aliphatic heterocycles. The minimum Gasteiger partial charge on any atom is -0.507 e. The van der Waals surface area contributed by atoms with Crippen LogP contribution < -0.4 is 10.6 Å². The van der Waals surface area contributed by atoms with E-state index in [1.807, 2.05) is 42.5 Å². The molecule has 40 heavy (non-hydrogen) atoms. The number of aromatic hydroxyl groups is 1. The van der Waals surface area contributed by atoms with Crippen LogP contribution in [0.5, 0.6) is 5.75 Å². The first-order chi connectivity index (χ1) is 19.0. The number of nitrogens with one attached hydrogen (secondary N) is 3. The second kappa shape index (κ2) is 10.6. The van der Waals surface area contributed by atoms with Gasteiger partial charge in [0, 0.05) is 41.7 Å². The number of pyridine rings is 1. The minimum atomic E-state index is -1.80. The van der Waals surface area contributed by atoms with Crippen LogP contribution >= 0.6 is 0 Å². The van der Waals surface area contributed by atoms with E-state index in [-0.39, 0.29) is 35.5 Å². The van der Waals surface area contributed by atoms with Gasteiger partial charge in [-0.3, -0.25) is 14.6 Å². The van der Waals surface area contributed by atoms with Crippen LogP contribution in [0.25, 0.3) is 11.3 Å². The number of aromatic nitrogens is 2. The SMILES string of the molecule is CC1(C)CC(=O)c2c([nH]c(-c3ccnc(CC(C)(F)CNC(=O)c4ccccc4O)c3)c2Nc2ccccc2)C1. The molecule has 1 unspecified atom stereocenters. The van der Waals surface area contributed by atoms with Gasteiger partial charge in [-0.1, -0.05) is 44.2 Å². The van der Waals surface area contributed by atoms with E-state index < -0.39 is 11.6 Å². The van der Waals surface area contributed by atoms with Crippen molar-refractivity contribution >= 4 is 23.1 Å². The van der Waals surface area contributed by atoms with Gasteiger partial charge in [-0.2, -0.15) is 0 Å². The minimum absolute atomic E-state index is 0.0459. The summed E-state index contributed by atoms with van der Waals surface area (Å²) in [5.74, 6) is -0.631. The van der Waals surface area contributed by atoms with Crippen LogP contribution in [-0.2, 0) is 12.8 Å². The van der Waals surface area contributed by atoms with E-state index in [1.54, 1.807) is 18.3 Å². The zero-order valence-corrected chi connectivity index (χ0v) is 22.8. The largest absolute Gasteiger partial charge is 0.507 e. The fraction of sp³-hybridized carbons (Fsp3) is 0.281. The van der Waals surface area contributed by atoms with Crippen LogP contribution in [0.3, 0.4) is 0 Å². The number of phenols is 1. The molecule has 0 saturated heterocycles. The lowest BCUT2D eigenvalue weighted by molar-refractivity contribution is 0.0902. The molecule has 2 heterocycles. The predicted octanol–water partition coefficient (Wildman–Crippen LogP) is 6.38. The average molecular weight is 541 g/mol. The molecule has 4 aromatic rings. The lowest BCUT2D eigenvalue weighted by atomic mass is 9.76. The third-order valence-corrected chi connectivity index (χ3v) is 7.12. The maximum absolute atomic E-state index is 15.6. The number of anilines is 2. The average Bonchev–Trinajstić information content (AvgIpc) is 3.25. The molecule has 1 atom stereocenters. The Bertz CT molecular complexity index is 1560. The highest BCUT2D eigenvalue weighted by atomic mass is 19.1. The number of aromatic amines is 1. The van der Waals surface area contributed by atoms with Crippen molar-refractivity contribution in [1.82, 2.24) is 15.3 Å². The van der Waals surface area contributed by atoms with Crippen LogP contribution in [0.1, 0.15) is 59.3 Å². The summed E-state index contributed by atoms with van der Waals surface area (Å²) in [6.45, 7) is 5.32. The van der Waals surface area contributed by atoms with Crippen molar-refractivity contribution in [2.75, 3.05) is 11.9 Å². The maximum atomic E-state index is 15.6. The number of para-hydroxylation sites is 2. The number of carbonyl (C=O) groups excluding carboxylic acids is 2. The van der Waals surface area contributed by atoms with Crippen molar-refractivity contribution in [3.05, 3.63) is 95.4 Å². The van der Waals surface area contributed by atoms with Crippen LogP contribution in [0.15, 0.2) is 72.9 Å². The first-order valence-electron chi connectivity index (χ1n) is 13.3. The van der Waals surface area contributed by atoms with Crippen molar-refractivity contribution in [3.63, 3.8) is 0 Å². The second-order valence-electron chi connectivity index (χ2n) is 11.5. The molecule has 0 radical (unpaired) electrons. The number of rotatable bonds is 8. The van der Waals surface area contributed by atoms with Gasteiger partial charge in [0.25, 0.3) is 5.91 Å². The van der Waals surface area contributed by atoms with Gasteiger partial charge in [0.15, 0.2) is 5.78 Å². The fourth-order valence-corrected chi connectivity index (χ4v) is 5.26. The molecule has 1 amide bonds. The second-order valence-corrected chi connectivity index (χ2v) is 11.5. The van der Waals surface area contributed by atoms with Gasteiger partial charge in [0.05, 0.1) is 29.1 Å². The summed E-state index contributed by atoms with van der Waals surface area (Å²) in [7, 11) is 0. The molecule has 8 heteroatoms. The number of H-pyrrole nitrogens is 1. The Labute approximate surface area is 232 Å². The lowest BCUT2D eigenvalue weighted by Crippen LogP contribution is -2.39. The van der Waals surface area contributed by atoms with E-state index in [0.717, 1.165) is 29.1 Å². The number of benzene rings is 2. The van der Waals surface area contributed by atoms with Crippen LogP contribution in [0.4, 0.5) is 15.8 Å². The molecule has 2 aromatic carbocycles. The summed E-state index contributed by atoms with van der Waals surface area (Å²) in [5, 5.41) is 15.9. The number of carbonyl (C=O) groups is 2. The molecule has 1 aliphatic carbocycles. The molecule has 0 spiro atoms. The lowest BCUT2D eigenvalue weighted by Gasteiger charge is -2.28. The van der Waals surface area contributed by atoms with Gasteiger partial charge >= 0.3 is 0 Å². The standard InChI is InChI=1S/C32H33FN4O3/c1-31(2)17-24-27(26(39)18-31)29(36-21-9-5-4-6-10-21)28(37-24)20-13-14-34-22(15-20)16-32(3,33)19-35-30(40)23-11-7-8-12-25(23)38/h4-15,36-38H,16-19H2,1-3H3,(H,35,40). The summed E-state index contributed by atoms with van der Waals surface area (Å²) in [5.41, 5.74) is 3.27. The highest BCUT2D eigenvalue weighted by molar-refractivity contribution is 6.07. The summed E-state index contributed by atoms with van der Waals surface area (Å²) in [6.07, 6.45) is 2.76. The topological polar surface area (TPSA) is 107 Å². The molecule has 5 rings (SSSR count). The smallest absolute Gasteiger partial charge is 0.255 e. The Morgan fingerprint density at radius 1 is 1.10 bits per heavy atom. The Morgan fingerprint density at radius 3 is 2.58 bits per heavy atom. The number of nitrogens with zero attached hydrogens (tertiary/aromatic N) is 1. The number of hydrogen-bond acceptors (Lipinski definition) is 5. The Hall–Kier alpha value is -4.46. The molecule has 7 nitrogen and oxygen atoms in total. The van der Waals surface area contributed by atoms with Crippen molar-refractivity contribution in [2.24, 2.45) is 5.41 Å². The van der Waals surface area contributed by atoms with E-state index in [2.05, 4.69) is 34.4 Å². The van der Waals surface area contributed by atoms with Crippen LogP contribution in [0.2, 0.25) is 0 Å². The number of phenolic OH excluding ortho intramolecular Hbond substituents is 1. The van der Waals surface area contributed by atoms with Crippen LogP contribution in [-0.4, -0.2) is 39.0 Å². The summed E-state index contributed by atoms with van der Waals surface area (Å²) < 4.78 is 15.6. The number of ketones is 1. The third-order valence-electron chi connectivity index (χ3n) is 7.12. The highest BCUT2D eigenvalue weighted by Gasteiger charge is 2.36. The third kappa shape index (κ3) is 5.91. The van der Waals surface area contributed by atoms with Crippen molar-refractivity contribution in [1.29, 1.82) is 0 Å². The van der Waals surface area contributed by atoms with Crippen LogP contribution in [0, 0.1) is 5.41 Å². The molecule has 206 valence electrons. The number of halogens is 1. The Balaban J connectivity index is 1.41. The maximum Gasteiger partial charge on any atom is 0.255 e. The fourth-order valence-electron chi connectivity index (χ4n) is 5.26. The molecule has 4 N–H and O–H groups in total. The Morgan fingerprint density at radius 2 is 1.82 bits per heavy atom. The van der Waals surface area contributed by atoms with Gasteiger partial charge in [-0.15, -0.1) is 0 Å². The molecule has 2 aromatic heterocycles. The molecule has 0 fully saturated rings. The molecular formula is C32H33FN4O3. The first-order valence-corrected chi connectivity index (χ1v) is 13.3. The van der Waals surface area contributed by atoms with Gasteiger partial charge in [0.2, 0.25) is 0 Å². The summed E-state index contributed by atoms with van der Waals surface area (Å²) >= 11 is 0. The first kappa shape index (κ1) is 27.1. The summed E-state index contributed by atoms with van der Waals surface area (Å²) in [6, 6.07) is 19.4. The molecule has 0 bridgehead atoms. The number of alkyl halides is 1. The van der Waals surface area contributed by atoms with Gasteiger partial charge in [-0.05, 0) is 55.2 Å². The van der Waals surface area contributed by atoms with E-state index in [0.29, 0.717) is 23.4 Å². The van der Waals surface area contributed by atoms with Gasteiger partial charge < -0.3 is 20.7 Å². The van der Waals surface area contributed by atoms with Crippen molar-refractivity contribution in [3.8, 4) is 17.0 Å². The van der Waals surface area contributed by atoms with E-state index in [4.69, 9.17) is 0 Å². The Kier molecular flexibility index (Phi) is 7.19. The van der Waals surface area contributed by atoms with Gasteiger partial charge in [0.1, 0.15) is 11.4 Å². The highest BCUT2D eigenvalue weighted by Crippen LogP contribution is 2.43. The van der Waals surface area contributed by atoms with Crippen molar-refractivity contribution in [2.45, 2.75) is 45.7 Å². The quantitative estimate of drug-likeness (QED) is 0.207. The molecule has 1 aliphatic rings. The van der Waals surface area contributed by atoms with E-state index in [9.17, 15) is 14.7 Å². The van der Waals surface area contributed by atoms with E-state index >= 15 is 4.39 Å². The summed E-state index contributed by atoms with van der Waals surface area (Å²) in [4.78, 5) is 33.6. The molecular weight excluding hydrogens is 507 g/mol. The monoisotopic (exact) mass is 540 g/mol. The molecule has 0 saturated carbocycles. The zero-order valence-electron chi connectivity index (χ0n) is 22.8.